The number of carbonyl (C=O) groups is 1. The van der Waals surface area contributed by atoms with Crippen molar-refractivity contribution in [1.82, 2.24) is 10.2 Å². The van der Waals surface area contributed by atoms with Gasteiger partial charge in [-0.2, -0.15) is 0 Å². The summed E-state index contributed by atoms with van der Waals surface area (Å²) in [5.74, 6) is -0.137. The fraction of sp³-hybridized carbons (Fsp3) is 0.909. The molecule has 5 heteroatoms. The molecule has 0 aromatic carbocycles. The number of methoxy groups -OCH3 is 1. The van der Waals surface area contributed by atoms with E-state index >= 15 is 0 Å². The van der Waals surface area contributed by atoms with E-state index in [1.165, 1.54) is 7.11 Å². The summed E-state index contributed by atoms with van der Waals surface area (Å²) in [5, 5.41) is 2.81. The lowest BCUT2D eigenvalue weighted by atomic mass is 10.2. The van der Waals surface area contributed by atoms with Gasteiger partial charge in [-0.1, -0.05) is 6.92 Å². The number of hydrogen-bond donors (Lipinski definition) is 2. The first-order chi connectivity index (χ1) is 7.56. The van der Waals surface area contributed by atoms with E-state index in [1.807, 2.05) is 0 Å². The van der Waals surface area contributed by atoms with E-state index in [0.29, 0.717) is 12.6 Å². The molecule has 2 unspecified atom stereocenters. The summed E-state index contributed by atoms with van der Waals surface area (Å²) >= 11 is 0. The van der Waals surface area contributed by atoms with Crippen molar-refractivity contribution in [1.29, 1.82) is 0 Å². The van der Waals surface area contributed by atoms with Gasteiger partial charge >= 0.3 is 0 Å². The van der Waals surface area contributed by atoms with Crippen LogP contribution < -0.4 is 11.1 Å². The van der Waals surface area contributed by atoms with Gasteiger partial charge < -0.3 is 20.7 Å². The molecule has 3 N–H and O–H groups in total. The minimum atomic E-state index is -0.533. The highest BCUT2D eigenvalue weighted by Gasteiger charge is 2.15. The average Bonchev–Trinajstić information content (AvgIpc) is 2.29. The summed E-state index contributed by atoms with van der Waals surface area (Å²) in [4.78, 5) is 13.7. The fourth-order valence-corrected chi connectivity index (χ4v) is 1.31. The van der Waals surface area contributed by atoms with Gasteiger partial charge in [0, 0.05) is 32.8 Å². The maximum Gasteiger partial charge on any atom is 0.250 e. The third-order valence-corrected chi connectivity index (χ3v) is 2.90. The Morgan fingerprint density at radius 3 is 2.62 bits per heavy atom. The summed E-state index contributed by atoms with van der Waals surface area (Å²) in [6.07, 6.45) is 0.572. The predicted molar refractivity (Wildman–Crippen MR) is 65.2 cm³/mol. The lowest BCUT2D eigenvalue weighted by Gasteiger charge is -2.23. The van der Waals surface area contributed by atoms with Crippen LogP contribution in [0, 0.1) is 0 Å². The Labute approximate surface area is 98.3 Å². The average molecular weight is 231 g/mol. The molecule has 16 heavy (non-hydrogen) atoms. The van der Waals surface area contributed by atoms with Gasteiger partial charge in [0.05, 0.1) is 0 Å². The molecule has 0 radical (unpaired) electrons. The minimum Gasteiger partial charge on any atom is -0.370 e. The van der Waals surface area contributed by atoms with Crippen LogP contribution in [0.3, 0.4) is 0 Å². The fourth-order valence-electron chi connectivity index (χ4n) is 1.31. The Morgan fingerprint density at radius 1 is 1.56 bits per heavy atom. The quantitative estimate of drug-likeness (QED) is 0.607. The lowest BCUT2D eigenvalue weighted by Crippen LogP contribution is -2.44. The lowest BCUT2D eigenvalue weighted by molar-refractivity contribution is -0.130. The summed E-state index contributed by atoms with van der Waals surface area (Å²) < 4.78 is 4.94. The molecule has 0 saturated heterocycles. The summed E-state index contributed by atoms with van der Waals surface area (Å²) in [6.45, 7) is 5.99. The number of amides is 1. The number of nitrogens with zero attached hydrogens (tertiary/aromatic N) is 1. The van der Waals surface area contributed by atoms with Crippen molar-refractivity contribution in [3.8, 4) is 0 Å². The maximum atomic E-state index is 11.5. The maximum absolute atomic E-state index is 11.5. The molecule has 2 atom stereocenters. The van der Waals surface area contributed by atoms with Crippen molar-refractivity contribution < 1.29 is 9.53 Å². The number of hydrogen-bond acceptors (Lipinski definition) is 4. The Bertz CT molecular complexity index is 196. The van der Waals surface area contributed by atoms with Gasteiger partial charge in [0.2, 0.25) is 5.91 Å². The highest BCUT2D eigenvalue weighted by atomic mass is 16.5. The second kappa shape index (κ2) is 8.50. The number of likely N-dealkylation sites (N-methyl/N-ethyl adjacent to an activating group) is 1. The molecule has 0 aromatic rings. The van der Waals surface area contributed by atoms with E-state index in [9.17, 15) is 4.79 Å². The predicted octanol–water partition coefficient (Wildman–Crippen LogP) is -0.193. The van der Waals surface area contributed by atoms with Crippen LogP contribution in [0.1, 0.15) is 20.3 Å². The number of nitrogens with two attached hydrogens (primary N) is 1. The van der Waals surface area contributed by atoms with Crippen molar-refractivity contribution in [2.24, 2.45) is 5.73 Å². The van der Waals surface area contributed by atoms with Crippen molar-refractivity contribution >= 4 is 5.91 Å². The summed E-state index contributed by atoms with van der Waals surface area (Å²) in [7, 11) is 3.54. The number of carbonyl (C=O) groups excluding carboxylic acids is 1. The second-order valence-electron chi connectivity index (χ2n) is 3.99. The van der Waals surface area contributed by atoms with Crippen LogP contribution in [0.25, 0.3) is 0 Å². The van der Waals surface area contributed by atoms with Crippen molar-refractivity contribution in [2.75, 3.05) is 33.8 Å². The molecule has 0 saturated carbocycles. The molecule has 0 aromatic heterocycles. The summed E-state index contributed by atoms with van der Waals surface area (Å²) in [6, 6.07) is 0.532. The monoisotopic (exact) mass is 231 g/mol. The van der Waals surface area contributed by atoms with Crippen LogP contribution >= 0.6 is 0 Å². The Morgan fingerprint density at radius 2 is 2.19 bits per heavy atom. The van der Waals surface area contributed by atoms with Crippen LogP contribution in [0.15, 0.2) is 0 Å². The molecule has 0 aliphatic heterocycles. The zero-order valence-corrected chi connectivity index (χ0v) is 10.8. The molecule has 0 heterocycles. The Balaban J connectivity index is 3.77. The van der Waals surface area contributed by atoms with Crippen LogP contribution in [-0.2, 0) is 9.53 Å². The van der Waals surface area contributed by atoms with E-state index in [2.05, 4.69) is 31.1 Å². The van der Waals surface area contributed by atoms with Crippen molar-refractivity contribution in [3.05, 3.63) is 0 Å². The number of rotatable bonds is 8. The second-order valence-corrected chi connectivity index (χ2v) is 3.99. The van der Waals surface area contributed by atoms with E-state index < -0.39 is 6.10 Å². The molecule has 0 rings (SSSR count). The number of nitrogens with one attached hydrogen (secondary N) is 1. The zero-order chi connectivity index (χ0) is 12.6. The first kappa shape index (κ1) is 15.3. The standard InChI is InChI=1S/C11H25N3O2/c1-5-9(2)14(3)7-6-13-11(15)10(8-12)16-4/h9-10H,5-8,12H2,1-4H3,(H,13,15). The molecular weight excluding hydrogens is 206 g/mol. The molecule has 0 fully saturated rings. The normalized spacial score (nSPS) is 14.9. The molecule has 5 nitrogen and oxygen atoms in total. The topological polar surface area (TPSA) is 67.6 Å². The van der Waals surface area contributed by atoms with Gasteiger partial charge in [0.25, 0.3) is 0 Å². The van der Waals surface area contributed by atoms with Gasteiger partial charge in [0.15, 0.2) is 0 Å². The first-order valence-electron chi connectivity index (χ1n) is 5.77. The Hall–Kier alpha value is -0.650. The number of ether oxygens (including phenoxy) is 1. The van der Waals surface area contributed by atoms with Crippen LogP contribution in [0.5, 0.6) is 0 Å². The SMILES string of the molecule is CCC(C)N(C)CCNC(=O)C(CN)OC. The van der Waals surface area contributed by atoms with Crippen molar-refractivity contribution in [2.45, 2.75) is 32.4 Å². The Kier molecular flexibility index (Phi) is 8.15. The first-order valence-corrected chi connectivity index (χ1v) is 5.77. The van der Waals surface area contributed by atoms with Crippen molar-refractivity contribution in [3.63, 3.8) is 0 Å². The van der Waals surface area contributed by atoms with Crippen LogP contribution in [0.2, 0.25) is 0 Å². The van der Waals surface area contributed by atoms with E-state index in [1.54, 1.807) is 0 Å². The molecular formula is C11H25N3O2. The van der Waals surface area contributed by atoms with Gasteiger partial charge in [-0.05, 0) is 20.4 Å². The van der Waals surface area contributed by atoms with Gasteiger partial charge in [-0.25, -0.2) is 0 Å². The van der Waals surface area contributed by atoms with Gasteiger partial charge in [0.1, 0.15) is 6.10 Å². The zero-order valence-electron chi connectivity index (χ0n) is 10.8. The minimum absolute atomic E-state index is 0.137. The van der Waals surface area contributed by atoms with E-state index in [-0.39, 0.29) is 12.5 Å². The van der Waals surface area contributed by atoms with E-state index in [0.717, 1.165) is 13.0 Å². The molecule has 1 amide bonds. The van der Waals surface area contributed by atoms with Crippen LogP contribution in [-0.4, -0.2) is 56.7 Å². The van der Waals surface area contributed by atoms with Crippen LogP contribution in [0.4, 0.5) is 0 Å². The molecule has 96 valence electrons. The molecule has 0 spiro atoms. The highest BCUT2D eigenvalue weighted by molar-refractivity contribution is 5.80. The van der Waals surface area contributed by atoms with Gasteiger partial charge in [-0.15, -0.1) is 0 Å². The smallest absolute Gasteiger partial charge is 0.250 e. The molecule has 0 aliphatic rings. The molecule has 0 bridgehead atoms. The third-order valence-electron chi connectivity index (χ3n) is 2.90. The molecule has 0 aliphatic carbocycles. The largest absolute Gasteiger partial charge is 0.370 e. The highest BCUT2D eigenvalue weighted by Crippen LogP contribution is 1.98. The van der Waals surface area contributed by atoms with Gasteiger partial charge in [-0.3, -0.25) is 4.79 Å². The third kappa shape index (κ3) is 5.44. The summed E-state index contributed by atoms with van der Waals surface area (Å²) in [5.41, 5.74) is 5.39. The van der Waals surface area contributed by atoms with E-state index in [4.69, 9.17) is 10.5 Å².